The van der Waals surface area contributed by atoms with Gasteiger partial charge in [-0.25, -0.2) is 0 Å². The van der Waals surface area contributed by atoms with E-state index in [-0.39, 0.29) is 24.0 Å². The molecule has 0 aliphatic carbocycles. The Morgan fingerprint density at radius 1 is 1.07 bits per heavy atom. The van der Waals surface area contributed by atoms with Crippen LogP contribution in [-0.4, -0.2) is 68.2 Å². The molecule has 1 atom stereocenters. The van der Waals surface area contributed by atoms with Gasteiger partial charge in [-0.05, 0) is 36.2 Å². The van der Waals surface area contributed by atoms with Crippen LogP contribution >= 0.6 is 24.0 Å². The number of benzene rings is 2. The molecule has 7 heteroatoms. The van der Waals surface area contributed by atoms with E-state index in [0.717, 1.165) is 63.4 Å². The number of halogens is 1. The maximum absolute atomic E-state index is 5.95. The molecule has 2 aliphatic heterocycles. The van der Waals surface area contributed by atoms with Crippen LogP contribution in [0, 0.1) is 0 Å². The second kappa shape index (κ2) is 11.5. The summed E-state index contributed by atoms with van der Waals surface area (Å²) in [5.41, 5.74) is 1.17. The van der Waals surface area contributed by atoms with E-state index >= 15 is 0 Å². The maximum Gasteiger partial charge on any atom is 0.193 e. The van der Waals surface area contributed by atoms with E-state index in [0.29, 0.717) is 6.04 Å². The van der Waals surface area contributed by atoms with E-state index in [4.69, 9.17) is 9.47 Å². The van der Waals surface area contributed by atoms with Crippen LogP contribution in [0.4, 0.5) is 0 Å². The molecule has 162 valence electrons. The second-order valence-electron chi connectivity index (χ2n) is 7.50. The van der Waals surface area contributed by atoms with Crippen molar-refractivity contribution in [3.63, 3.8) is 0 Å². The Labute approximate surface area is 196 Å². The molecule has 0 aromatic heterocycles. The molecule has 1 N–H and O–H groups in total. The Hall–Kier alpha value is -1.84. The predicted octanol–water partition coefficient (Wildman–Crippen LogP) is 3.58. The van der Waals surface area contributed by atoms with Gasteiger partial charge in [0, 0.05) is 45.8 Å². The molecule has 4 rings (SSSR count). The Bertz CT molecular complexity index is 812. The minimum Gasteiger partial charge on any atom is -0.457 e. The van der Waals surface area contributed by atoms with Crippen molar-refractivity contribution in [3.8, 4) is 11.5 Å². The topological polar surface area (TPSA) is 49.3 Å². The Balaban J connectivity index is 0.00000256. The molecule has 30 heavy (non-hydrogen) atoms. The van der Waals surface area contributed by atoms with Crippen molar-refractivity contribution >= 4 is 29.9 Å². The van der Waals surface area contributed by atoms with Crippen molar-refractivity contribution < 1.29 is 9.47 Å². The van der Waals surface area contributed by atoms with Gasteiger partial charge in [0.1, 0.15) is 11.5 Å². The van der Waals surface area contributed by atoms with Gasteiger partial charge in [-0.3, -0.25) is 9.89 Å². The van der Waals surface area contributed by atoms with E-state index < -0.39 is 0 Å². The SMILES string of the molecule is CN=C(NCc1cccc(Oc2ccccc2)c1)N1CCC(N2CCOCC2)C1.I. The number of hydrogen-bond acceptors (Lipinski definition) is 4. The highest BCUT2D eigenvalue weighted by molar-refractivity contribution is 14.0. The summed E-state index contributed by atoms with van der Waals surface area (Å²) in [6.07, 6.45) is 1.18. The number of para-hydroxylation sites is 1. The summed E-state index contributed by atoms with van der Waals surface area (Å²) in [7, 11) is 1.86. The molecule has 2 aromatic carbocycles. The lowest BCUT2D eigenvalue weighted by Gasteiger charge is -2.32. The highest BCUT2D eigenvalue weighted by atomic mass is 127. The molecule has 2 fully saturated rings. The molecule has 2 heterocycles. The van der Waals surface area contributed by atoms with E-state index in [1.807, 2.05) is 49.5 Å². The summed E-state index contributed by atoms with van der Waals surface area (Å²) < 4.78 is 11.4. The van der Waals surface area contributed by atoms with Gasteiger partial charge < -0.3 is 19.7 Å². The van der Waals surface area contributed by atoms with Gasteiger partial charge in [-0.15, -0.1) is 24.0 Å². The van der Waals surface area contributed by atoms with Crippen LogP contribution in [0.25, 0.3) is 0 Å². The van der Waals surface area contributed by atoms with Gasteiger partial charge in [0.15, 0.2) is 5.96 Å². The molecule has 6 nitrogen and oxygen atoms in total. The molecule has 1 unspecified atom stereocenters. The van der Waals surface area contributed by atoms with E-state index in [9.17, 15) is 0 Å². The monoisotopic (exact) mass is 522 g/mol. The Kier molecular flexibility index (Phi) is 8.77. The summed E-state index contributed by atoms with van der Waals surface area (Å²) in [6.45, 7) is 6.57. The fraction of sp³-hybridized carbons (Fsp3) is 0.435. The number of nitrogens with one attached hydrogen (secondary N) is 1. The normalized spacial score (nSPS) is 20.0. The molecular formula is C23H31IN4O2. The average Bonchev–Trinajstić information content (AvgIpc) is 3.26. The summed E-state index contributed by atoms with van der Waals surface area (Å²) in [6, 6.07) is 18.7. The highest BCUT2D eigenvalue weighted by Crippen LogP contribution is 2.22. The fourth-order valence-electron chi connectivity index (χ4n) is 4.03. The molecule has 2 aliphatic rings. The van der Waals surface area contributed by atoms with Crippen LogP contribution in [0.15, 0.2) is 59.6 Å². The van der Waals surface area contributed by atoms with E-state index in [1.54, 1.807) is 0 Å². The number of guanidine groups is 1. The fourth-order valence-corrected chi connectivity index (χ4v) is 4.03. The number of rotatable bonds is 5. The lowest BCUT2D eigenvalue weighted by Crippen LogP contribution is -2.46. The van der Waals surface area contributed by atoms with Crippen LogP contribution in [0.5, 0.6) is 11.5 Å². The van der Waals surface area contributed by atoms with E-state index in [2.05, 4.69) is 32.2 Å². The van der Waals surface area contributed by atoms with Crippen LogP contribution in [0.2, 0.25) is 0 Å². The molecule has 2 saturated heterocycles. The first kappa shape index (κ1) is 22.8. The average molecular weight is 522 g/mol. The van der Waals surface area contributed by atoms with Crippen molar-refractivity contribution in [3.05, 3.63) is 60.2 Å². The lowest BCUT2D eigenvalue weighted by atomic mass is 10.2. The number of likely N-dealkylation sites (tertiary alicyclic amines) is 1. The maximum atomic E-state index is 5.95. The number of morpholine rings is 1. The van der Waals surface area contributed by atoms with E-state index in [1.165, 1.54) is 12.0 Å². The minimum absolute atomic E-state index is 0. The van der Waals surface area contributed by atoms with Crippen molar-refractivity contribution in [1.82, 2.24) is 15.1 Å². The molecule has 0 radical (unpaired) electrons. The van der Waals surface area contributed by atoms with Crippen LogP contribution < -0.4 is 10.1 Å². The van der Waals surface area contributed by atoms with Crippen LogP contribution in [-0.2, 0) is 11.3 Å². The van der Waals surface area contributed by atoms with Gasteiger partial charge in [0.2, 0.25) is 0 Å². The first-order chi connectivity index (χ1) is 14.3. The quantitative estimate of drug-likeness (QED) is 0.370. The Morgan fingerprint density at radius 2 is 1.83 bits per heavy atom. The van der Waals surface area contributed by atoms with Gasteiger partial charge >= 0.3 is 0 Å². The number of ether oxygens (including phenoxy) is 2. The van der Waals surface area contributed by atoms with Crippen molar-refractivity contribution in [2.45, 2.75) is 19.0 Å². The smallest absolute Gasteiger partial charge is 0.193 e. The van der Waals surface area contributed by atoms with Crippen molar-refractivity contribution in [2.75, 3.05) is 46.4 Å². The summed E-state index contributed by atoms with van der Waals surface area (Å²) in [4.78, 5) is 9.43. The zero-order chi connectivity index (χ0) is 19.9. The zero-order valence-corrected chi connectivity index (χ0v) is 19.8. The zero-order valence-electron chi connectivity index (χ0n) is 17.5. The first-order valence-electron chi connectivity index (χ1n) is 10.4. The third kappa shape index (κ3) is 6.09. The number of aliphatic imine (C=N–C) groups is 1. The van der Waals surface area contributed by atoms with Crippen molar-refractivity contribution in [1.29, 1.82) is 0 Å². The van der Waals surface area contributed by atoms with Gasteiger partial charge in [0.25, 0.3) is 0 Å². The minimum atomic E-state index is 0. The van der Waals surface area contributed by atoms with Crippen LogP contribution in [0.3, 0.4) is 0 Å². The molecule has 0 amide bonds. The molecule has 0 spiro atoms. The predicted molar refractivity (Wildman–Crippen MR) is 131 cm³/mol. The summed E-state index contributed by atoms with van der Waals surface area (Å²) in [5, 5.41) is 3.52. The third-order valence-corrected chi connectivity index (χ3v) is 5.56. The number of nitrogens with zero attached hydrogens (tertiary/aromatic N) is 3. The second-order valence-corrected chi connectivity index (χ2v) is 7.50. The highest BCUT2D eigenvalue weighted by Gasteiger charge is 2.30. The van der Waals surface area contributed by atoms with Crippen molar-refractivity contribution in [2.24, 2.45) is 4.99 Å². The summed E-state index contributed by atoms with van der Waals surface area (Å²) >= 11 is 0. The molecule has 0 saturated carbocycles. The van der Waals surface area contributed by atoms with Gasteiger partial charge in [-0.1, -0.05) is 30.3 Å². The number of hydrogen-bond donors (Lipinski definition) is 1. The first-order valence-corrected chi connectivity index (χ1v) is 10.4. The van der Waals surface area contributed by atoms with Gasteiger partial charge in [0.05, 0.1) is 13.2 Å². The molecule has 0 bridgehead atoms. The molecule has 2 aromatic rings. The third-order valence-electron chi connectivity index (χ3n) is 5.56. The van der Waals surface area contributed by atoms with Gasteiger partial charge in [-0.2, -0.15) is 0 Å². The standard InChI is InChI=1S/C23H30N4O2.HI/c1-24-23(27-11-10-20(18-27)26-12-14-28-15-13-26)25-17-19-6-5-9-22(16-19)29-21-7-3-2-4-8-21;/h2-9,16,20H,10-15,17-18H2,1H3,(H,24,25);1H. The largest absolute Gasteiger partial charge is 0.457 e. The molecular weight excluding hydrogens is 491 g/mol. The van der Waals surface area contributed by atoms with Crippen LogP contribution in [0.1, 0.15) is 12.0 Å². The Morgan fingerprint density at radius 3 is 2.60 bits per heavy atom. The lowest BCUT2D eigenvalue weighted by molar-refractivity contribution is 0.0195. The summed E-state index contributed by atoms with van der Waals surface area (Å²) in [5.74, 6) is 2.66.